The number of carbonyl (C=O) groups is 2. The Morgan fingerprint density at radius 2 is 1.76 bits per heavy atom. The average Bonchev–Trinajstić information content (AvgIpc) is 3.38. The number of nitrogens with one attached hydrogen (secondary N) is 1. The van der Waals surface area contributed by atoms with Gasteiger partial charge in [-0.25, -0.2) is 9.07 Å². The van der Waals surface area contributed by atoms with Crippen LogP contribution < -0.4 is 10.1 Å². The number of hydrogen-bond donors (Lipinski definition) is 2. The smallest absolute Gasteiger partial charge is 0.307 e. The van der Waals surface area contributed by atoms with Gasteiger partial charge in [0.1, 0.15) is 11.6 Å². The Morgan fingerprint density at radius 3 is 2.43 bits per heavy atom. The lowest BCUT2D eigenvalue weighted by Crippen LogP contribution is -2.21. The highest BCUT2D eigenvalue weighted by Crippen LogP contribution is 2.65. The number of rotatable bonds is 7. The quantitative estimate of drug-likeness (QED) is 0.262. The largest absolute Gasteiger partial charge is 0.496 e. The zero-order valence-electron chi connectivity index (χ0n) is 22.5. The van der Waals surface area contributed by atoms with E-state index in [1.807, 2.05) is 54.6 Å². The number of ether oxygens (including phenoxy) is 1. The van der Waals surface area contributed by atoms with Gasteiger partial charge in [0.15, 0.2) is 0 Å². The number of anilines is 1. The molecule has 208 valence electrons. The molecule has 1 saturated carbocycles. The molecule has 7 rings (SSSR count). The highest BCUT2D eigenvalue weighted by Gasteiger charge is 2.65. The Hall–Kier alpha value is -5.31. The Kier molecular flexibility index (Phi) is 5.90. The van der Waals surface area contributed by atoms with Gasteiger partial charge in [0.05, 0.1) is 37.0 Å². The van der Waals surface area contributed by atoms with Gasteiger partial charge in [0.25, 0.3) is 0 Å². The van der Waals surface area contributed by atoms with Gasteiger partial charge in [-0.2, -0.15) is 0 Å². The second kappa shape index (κ2) is 9.66. The van der Waals surface area contributed by atoms with E-state index in [-0.39, 0.29) is 18.2 Å². The Labute approximate surface area is 240 Å². The number of fused-ring (bicyclic) bond motifs is 2. The number of halogens is 1. The van der Waals surface area contributed by atoms with Crippen LogP contribution in [0.4, 0.5) is 10.1 Å². The molecule has 1 aliphatic heterocycles. The standard InChI is InChI=1S/C33H25FN4O4/c1-42-30-11-8-22(14-23(30)15-31(39)40)27-18-33(27)26-16-25(28(34)17-29(26)36-32(33)41)21-4-2-19(3-5-21)20-6-9-24(10-7-20)38-13-12-35-37-38/h2-14,16-17,27H,15,18H2,1H3,(H,36,41)(H,39,40). The van der Waals surface area contributed by atoms with Gasteiger partial charge < -0.3 is 15.2 Å². The van der Waals surface area contributed by atoms with Crippen molar-refractivity contribution in [3.8, 4) is 33.7 Å². The number of carboxylic acid groups (broad SMARTS) is 1. The Morgan fingerprint density at radius 1 is 1.05 bits per heavy atom. The van der Waals surface area contributed by atoms with Gasteiger partial charge in [0, 0.05) is 22.7 Å². The van der Waals surface area contributed by atoms with E-state index in [9.17, 15) is 14.7 Å². The van der Waals surface area contributed by atoms with E-state index in [0.717, 1.165) is 27.9 Å². The molecule has 1 aromatic heterocycles. The van der Waals surface area contributed by atoms with Crippen LogP contribution in [-0.4, -0.2) is 39.1 Å². The fourth-order valence-electron chi connectivity index (χ4n) is 6.15. The lowest BCUT2D eigenvalue weighted by Gasteiger charge is -2.14. The van der Waals surface area contributed by atoms with Crippen molar-refractivity contribution in [1.82, 2.24) is 15.0 Å². The Bertz CT molecular complexity index is 1850. The number of aliphatic carboxylic acids is 1. The summed E-state index contributed by atoms with van der Waals surface area (Å²) in [6.45, 7) is 0. The van der Waals surface area contributed by atoms with Crippen LogP contribution in [0.25, 0.3) is 27.9 Å². The van der Waals surface area contributed by atoms with E-state index in [0.29, 0.717) is 34.5 Å². The van der Waals surface area contributed by atoms with Gasteiger partial charge in [-0.15, -0.1) is 5.10 Å². The first-order valence-corrected chi connectivity index (χ1v) is 13.5. The van der Waals surface area contributed by atoms with Crippen molar-refractivity contribution < 1.29 is 23.8 Å². The molecule has 42 heavy (non-hydrogen) atoms. The summed E-state index contributed by atoms with van der Waals surface area (Å²) >= 11 is 0. The summed E-state index contributed by atoms with van der Waals surface area (Å²) < 4.78 is 22.4. The third-order valence-corrected chi connectivity index (χ3v) is 8.33. The maximum atomic E-state index is 15.4. The molecule has 5 aromatic rings. The van der Waals surface area contributed by atoms with E-state index >= 15 is 4.39 Å². The molecule has 2 N–H and O–H groups in total. The summed E-state index contributed by atoms with van der Waals surface area (Å²) in [5, 5.41) is 20.1. The van der Waals surface area contributed by atoms with E-state index in [2.05, 4.69) is 15.6 Å². The molecule has 1 fully saturated rings. The summed E-state index contributed by atoms with van der Waals surface area (Å²) in [7, 11) is 1.50. The summed E-state index contributed by atoms with van der Waals surface area (Å²) in [5.74, 6) is -1.21. The minimum absolute atomic E-state index is 0.154. The fourth-order valence-corrected chi connectivity index (χ4v) is 6.15. The van der Waals surface area contributed by atoms with Crippen LogP contribution in [0.15, 0.2) is 91.3 Å². The normalized spacial score (nSPS) is 18.5. The summed E-state index contributed by atoms with van der Waals surface area (Å²) in [6.07, 6.45) is 3.77. The lowest BCUT2D eigenvalue weighted by molar-refractivity contribution is -0.136. The molecule has 1 spiro atoms. The molecule has 1 aliphatic carbocycles. The first-order valence-electron chi connectivity index (χ1n) is 13.5. The van der Waals surface area contributed by atoms with Gasteiger partial charge >= 0.3 is 5.97 Å². The summed E-state index contributed by atoms with van der Waals surface area (Å²) in [4.78, 5) is 24.7. The van der Waals surface area contributed by atoms with Crippen LogP contribution in [0.3, 0.4) is 0 Å². The molecule has 9 heteroatoms. The maximum absolute atomic E-state index is 15.4. The minimum atomic E-state index is -0.963. The van der Waals surface area contributed by atoms with Crippen molar-refractivity contribution in [2.45, 2.75) is 24.2 Å². The van der Waals surface area contributed by atoms with Gasteiger partial charge in [-0.3, -0.25) is 9.59 Å². The third kappa shape index (κ3) is 4.13. The number of nitrogens with zero attached hydrogens (tertiary/aromatic N) is 3. The third-order valence-electron chi connectivity index (χ3n) is 8.33. The topological polar surface area (TPSA) is 106 Å². The fraction of sp³-hybridized carbons (Fsp3) is 0.152. The number of amides is 1. The molecule has 0 radical (unpaired) electrons. The number of benzene rings is 4. The van der Waals surface area contributed by atoms with E-state index in [1.165, 1.54) is 13.2 Å². The predicted molar refractivity (Wildman–Crippen MR) is 154 cm³/mol. The van der Waals surface area contributed by atoms with Crippen molar-refractivity contribution in [2.24, 2.45) is 0 Å². The molecule has 2 aliphatic rings. The molecule has 8 nitrogen and oxygen atoms in total. The van der Waals surface area contributed by atoms with Crippen LogP contribution >= 0.6 is 0 Å². The van der Waals surface area contributed by atoms with Crippen molar-refractivity contribution in [2.75, 3.05) is 12.4 Å². The average molecular weight is 561 g/mol. The van der Waals surface area contributed by atoms with Crippen molar-refractivity contribution in [3.05, 3.63) is 114 Å². The minimum Gasteiger partial charge on any atom is -0.496 e. The lowest BCUT2D eigenvalue weighted by atomic mass is 9.89. The first kappa shape index (κ1) is 25.6. The van der Waals surface area contributed by atoms with E-state index in [4.69, 9.17) is 4.74 Å². The second-order valence-electron chi connectivity index (χ2n) is 10.7. The highest BCUT2D eigenvalue weighted by atomic mass is 19.1. The number of aromatic nitrogens is 3. The van der Waals surface area contributed by atoms with Crippen molar-refractivity contribution >= 4 is 17.6 Å². The first-order chi connectivity index (χ1) is 20.4. The highest BCUT2D eigenvalue weighted by molar-refractivity contribution is 6.10. The van der Waals surface area contributed by atoms with Crippen molar-refractivity contribution in [1.29, 1.82) is 0 Å². The molecular weight excluding hydrogens is 535 g/mol. The van der Waals surface area contributed by atoms with Crippen LogP contribution in [-0.2, 0) is 21.4 Å². The van der Waals surface area contributed by atoms with Crippen LogP contribution in [0.2, 0.25) is 0 Å². The number of hydrogen-bond acceptors (Lipinski definition) is 5. The number of carbonyl (C=O) groups excluding carboxylic acids is 1. The van der Waals surface area contributed by atoms with Crippen LogP contribution in [0, 0.1) is 5.82 Å². The van der Waals surface area contributed by atoms with Crippen LogP contribution in [0.5, 0.6) is 5.75 Å². The zero-order valence-corrected chi connectivity index (χ0v) is 22.5. The molecule has 0 bridgehead atoms. The number of methoxy groups -OCH3 is 1. The maximum Gasteiger partial charge on any atom is 0.307 e. The SMILES string of the molecule is COc1ccc(C2CC23C(=O)Nc2cc(F)c(-c4ccc(-c5ccc(-n6ccnn6)cc5)cc4)cc23)cc1CC(=O)O. The predicted octanol–water partition coefficient (Wildman–Crippen LogP) is 5.75. The monoisotopic (exact) mass is 560 g/mol. The van der Waals surface area contributed by atoms with Gasteiger partial charge in [-0.1, -0.05) is 53.7 Å². The van der Waals surface area contributed by atoms with E-state index < -0.39 is 17.2 Å². The molecule has 2 unspecified atom stereocenters. The molecule has 2 atom stereocenters. The van der Waals surface area contributed by atoms with Crippen molar-refractivity contribution in [3.63, 3.8) is 0 Å². The second-order valence-corrected chi connectivity index (χ2v) is 10.7. The van der Waals surface area contributed by atoms with Crippen LogP contribution in [0.1, 0.15) is 29.0 Å². The zero-order chi connectivity index (χ0) is 29.0. The molecular formula is C33H25FN4O4. The van der Waals surface area contributed by atoms with E-state index in [1.54, 1.807) is 35.3 Å². The molecule has 4 aromatic carbocycles. The molecule has 0 saturated heterocycles. The van der Waals surface area contributed by atoms with Gasteiger partial charge in [-0.05, 0) is 64.6 Å². The summed E-state index contributed by atoms with van der Waals surface area (Å²) in [6, 6.07) is 24.2. The molecule has 1 amide bonds. The molecule has 2 heterocycles. The van der Waals surface area contributed by atoms with Gasteiger partial charge in [0.2, 0.25) is 5.91 Å². The summed E-state index contributed by atoms with van der Waals surface area (Å²) in [5.41, 5.74) is 5.85. The number of carboxylic acids is 1. The Balaban J connectivity index is 1.19.